The number of nitrogens with zero attached hydrogens (tertiary/aromatic N) is 3. The zero-order chi connectivity index (χ0) is 17.0. The van der Waals surface area contributed by atoms with E-state index < -0.39 is 16.1 Å². The first-order valence-corrected chi connectivity index (χ1v) is 10.4. The molecule has 0 aromatic carbocycles. The lowest BCUT2D eigenvalue weighted by atomic mass is 10.1. The fraction of sp³-hybridized carbons (Fsp3) is 0.786. The van der Waals surface area contributed by atoms with E-state index >= 15 is 0 Å². The molecule has 0 unspecified atom stereocenters. The fourth-order valence-corrected chi connectivity index (χ4v) is 5.34. The molecule has 1 aromatic heterocycles. The number of rotatable bonds is 7. The Morgan fingerprint density at radius 3 is 2.83 bits per heavy atom. The first-order chi connectivity index (χ1) is 10.8. The highest BCUT2D eigenvalue weighted by Crippen LogP contribution is 2.24. The molecule has 0 spiro atoms. The van der Waals surface area contributed by atoms with Gasteiger partial charge >= 0.3 is 0 Å². The van der Waals surface area contributed by atoms with Crippen LogP contribution in [0.3, 0.4) is 0 Å². The number of carbonyl (C=O) groups is 1. The highest BCUT2D eigenvalue weighted by atomic mass is 32.2. The van der Waals surface area contributed by atoms with Gasteiger partial charge in [0.2, 0.25) is 21.1 Å². The molecule has 1 fully saturated rings. The summed E-state index contributed by atoms with van der Waals surface area (Å²) in [5.41, 5.74) is 0. The van der Waals surface area contributed by atoms with Gasteiger partial charge in [0.1, 0.15) is 11.0 Å². The minimum Gasteiger partial charge on any atom is -0.299 e. The molecule has 1 aliphatic rings. The largest absolute Gasteiger partial charge is 0.299 e. The first kappa shape index (κ1) is 18.3. The number of sulfonamides is 1. The van der Waals surface area contributed by atoms with Crippen molar-refractivity contribution in [3.8, 4) is 0 Å². The van der Waals surface area contributed by atoms with Crippen molar-refractivity contribution < 1.29 is 13.2 Å². The van der Waals surface area contributed by atoms with Gasteiger partial charge in [-0.3, -0.25) is 10.1 Å². The molecule has 0 aliphatic carbocycles. The van der Waals surface area contributed by atoms with Crippen LogP contribution in [-0.4, -0.2) is 47.2 Å². The van der Waals surface area contributed by atoms with Crippen LogP contribution in [0.1, 0.15) is 45.0 Å². The maximum absolute atomic E-state index is 12.4. The van der Waals surface area contributed by atoms with Crippen LogP contribution in [0.4, 0.5) is 5.13 Å². The summed E-state index contributed by atoms with van der Waals surface area (Å²) in [6.45, 7) is 6.42. The van der Waals surface area contributed by atoms with Crippen LogP contribution in [0.2, 0.25) is 0 Å². The summed E-state index contributed by atoms with van der Waals surface area (Å²) in [6.07, 6.45) is 2.61. The molecule has 0 bridgehead atoms. The molecule has 130 valence electrons. The first-order valence-electron chi connectivity index (χ1n) is 7.96. The second kappa shape index (κ2) is 7.67. The van der Waals surface area contributed by atoms with Gasteiger partial charge in [-0.05, 0) is 25.2 Å². The molecule has 9 heteroatoms. The number of hydrogen-bond donors (Lipinski definition) is 1. The average molecular weight is 361 g/mol. The Kier molecular flexibility index (Phi) is 6.10. The minimum atomic E-state index is -3.37. The molecule has 2 rings (SSSR count). The van der Waals surface area contributed by atoms with E-state index in [1.807, 2.05) is 6.92 Å². The summed E-state index contributed by atoms with van der Waals surface area (Å²) >= 11 is 1.35. The summed E-state index contributed by atoms with van der Waals surface area (Å²) < 4.78 is 25.8. The predicted octanol–water partition coefficient (Wildman–Crippen LogP) is 1.88. The summed E-state index contributed by atoms with van der Waals surface area (Å²) in [4.78, 5) is 12.4. The van der Waals surface area contributed by atoms with Crippen molar-refractivity contribution in [3.63, 3.8) is 0 Å². The molecule has 1 saturated heterocycles. The van der Waals surface area contributed by atoms with Crippen molar-refractivity contribution in [2.24, 2.45) is 5.92 Å². The van der Waals surface area contributed by atoms with Gasteiger partial charge in [-0.2, -0.15) is 4.31 Å². The number of carbonyl (C=O) groups excluding carboxylic acids is 1. The van der Waals surface area contributed by atoms with Crippen LogP contribution < -0.4 is 5.32 Å². The van der Waals surface area contributed by atoms with E-state index in [-0.39, 0.29) is 11.7 Å². The van der Waals surface area contributed by atoms with Crippen LogP contribution in [0, 0.1) is 5.92 Å². The fourth-order valence-electron chi connectivity index (χ4n) is 2.63. The summed E-state index contributed by atoms with van der Waals surface area (Å²) in [6, 6.07) is -0.635. The summed E-state index contributed by atoms with van der Waals surface area (Å²) in [7, 11) is -3.37. The minimum absolute atomic E-state index is 0.0775. The van der Waals surface area contributed by atoms with Crippen LogP contribution in [0.25, 0.3) is 0 Å². The highest BCUT2D eigenvalue weighted by Gasteiger charge is 2.38. The molecule has 2 heterocycles. The molecule has 1 aromatic rings. The average Bonchev–Trinajstić information content (AvgIpc) is 3.07. The van der Waals surface area contributed by atoms with Crippen LogP contribution in [0.15, 0.2) is 0 Å². The Morgan fingerprint density at radius 1 is 1.43 bits per heavy atom. The van der Waals surface area contributed by atoms with Crippen molar-refractivity contribution in [2.75, 3.05) is 17.6 Å². The second-order valence-corrected chi connectivity index (χ2v) is 9.28. The van der Waals surface area contributed by atoms with E-state index in [2.05, 4.69) is 29.4 Å². The number of anilines is 1. The van der Waals surface area contributed by atoms with Crippen molar-refractivity contribution in [1.29, 1.82) is 0 Å². The third-order valence-electron chi connectivity index (χ3n) is 3.61. The molecule has 0 saturated carbocycles. The smallest absolute Gasteiger partial charge is 0.244 e. The van der Waals surface area contributed by atoms with Gasteiger partial charge < -0.3 is 0 Å². The number of amides is 1. The lowest BCUT2D eigenvalue weighted by Gasteiger charge is -2.22. The Bertz CT molecular complexity index is 642. The normalized spacial score (nSPS) is 19.4. The third kappa shape index (κ3) is 4.71. The molecular weight excluding hydrogens is 336 g/mol. The van der Waals surface area contributed by atoms with E-state index in [0.717, 1.165) is 11.4 Å². The number of aromatic nitrogens is 2. The zero-order valence-electron chi connectivity index (χ0n) is 13.8. The third-order valence-corrected chi connectivity index (χ3v) is 6.54. The van der Waals surface area contributed by atoms with E-state index in [4.69, 9.17) is 0 Å². The Labute approximate surface area is 141 Å². The zero-order valence-corrected chi connectivity index (χ0v) is 15.4. The van der Waals surface area contributed by atoms with Gasteiger partial charge in [-0.15, -0.1) is 10.2 Å². The summed E-state index contributed by atoms with van der Waals surface area (Å²) in [5, 5.41) is 12.1. The highest BCUT2D eigenvalue weighted by molar-refractivity contribution is 7.89. The topological polar surface area (TPSA) is 92.3 Å². The van der Waals surface area contributed by atoms with Crippen LogP contribution >= 0.6 is 11.3 Å². The second-order valence-electron chi connectivity index (χ2n) is 6.17. The molecular formula is C14H24N4O3S2. The van der Waals surface area contributed by atoms with E-state index in [9.17, 15) is 13.2 Å². The predicted molar refractivity (Wildman–Crippen MR) is 90.9 cm³/mol. The maximum atomic E-state index is 12.4. The van der Waals surface area contributed by atoms with Crippen molar-refractivity contribution >= 4 is 32.4 Å². The van der Waals surface area contributed by atoms with Crippen LogP contribution in [0.5, 0.6) is 0 Å². The molecule has 1 amide bonds. The van der Waals surface area contributed by atoms with Gasteiger partial charge in [0, 0.05) is 13.0 Å². The molecule has 1 atom stereocenters. The van der Waals surface area contributed by atoms with Gasteiger partial charge in [0.15, 0.2) is 0 Å². The molecule has 7 nitrogen and oxygen atoms in total. The lowest BCUT2D eigenvalue weighted by Crippen LogP contribution is -2.44. The van der Waals surface area contributed by atoms with Crippen molar-refractivity contribution in [2.45, 2.75) is 52.5 Å². The van der Waals surface area contributed by atoms with Gasteiger partial charge in [0.05, 0.1) is 5.75 Å². The van der Waals surface area contributed by atoms with E-state index in [1.165, 1.54) is 15.6 Å². The maximum Gasteiger partial charge on any atom is 0.244 e. The SMILES string of the molecule is CCCS(=O)(=O)N1CCC[C@@H]1C(=O)Nc1nnc(CC(C)C)s1. The van der Waals surface area contributed by atoms with Crippen LogP contribution in [-0.2, 0) is 21.2 Å². The quantitative estimate of drug-likeness (QED) is 0.801. The molecule has 1 aliphatic heterocycles. The Hall–Kier alpha value is -1.06. The summed E-state index contributed by atoms with van der Waals surface area (Å²) in [5.74, 6) is 0.235. The van der Waals surface area contributed by atoms with Gasteiger partial charge in [0.25, 0.3) is 0 Å². The molecule has 23 heavy (non-hydrogen) atoms. The van der Waals surface area contributed by atoms with Gasteiger partial charge in [-0.25, -0.2) is 8.42 Å². The van der Waals surface area contributed by atoms with Gasteiger partial charge in [-0.1, -0.05) is 32.1 Å². The number of hydrogen-bond acceptors (Lipinski definition) is 6. The molecule has 0 radical (unpaired) electrons. The monoisotopic (exact) mass is 360 g/mol. The van der Waals surface area contributed by atoms with E-state index in [0.29, 0.717) is 36.9 Å². The lowest BCUT2D eigenvalue weighted by molar-refractivity contribution is -0.119. The standard InChI is InChI=1S/C14H24N4O3S2/c1-4-8-23(20,21)18-7-5-6-11(18)13(19)15-14-17-16-12(22-14)9-10(2)3/h10-11H,4-9H2,1-3H3,(H,15,17,19)/t11-/m1/s1. The Balaban J connectivity index is 2.03. The Morgan fingerprint density at radius 2 is 2.17 bits per heavy atom. The van der Waals surface area contributed by atoms with Crippen molar-refractivity contribution in [1.82, 2.24) is 14.5 Å². The number of nitrogens with one attached hydrogen (secondary N) is 1. The van der Waals surface area contributed by atoms with E-state index in [1.54, 1.807) is 0 Å². The molecule has 1 N–H and O–H groups in total. The van der Waals surface area contributed by atoms with Crippen molar-refractivity contribution in [3.05, 3.63) is 5.01 Å².